The maximum atomic E-state index is 12.4. The van der Waals surface area contributed by atoms with Gasteiger partial charge in [-0.1, -0.05) is 31.1 Å². The number of fused-ring (bicyclic) bond motifs is 1. The number of methoxy groups -OCH3 is 2. The summed E-state index contributed by atoms with van der Waals surface area (Å²) >= 11 is 0. The Labute approximate surface area is 119 Å². The first-order valence-electron chi connectivity index (χ1n) is 7.04. The van der Waals surface area contributed by atoms with E-state index in [1.165, 1.54) is 14.2 Å². The largest absolute Gasteiger partial charge is 0.468 e. The van der Waals surface area contributed by atoms with E-state index < -0.39 is 17.4 Å². The van der Waals surface area contributed by atoms with E-state index in [0.717, 1.165) is 36.8 Å². The molecule has 2 rings (SSSR count). The minimum Gasteiger partial charge on any atom is -0.468 e. The molecule has 2 aliphatic carbocycles. The molecule has 0 radical (unpaired) electrons. The van der Waals surface area contributed by atoms with Gasteiger partial charge in [0.1, 0.15) is 0 Å². The van der Waals surface area contributed by atoms with Crippen LogP contribution >= 0.6 is 0 Å². The summed E-state index contributed by atoms with van der Waals surface area (Å²) in [6.45, 7) is 5.91. The quantitative estimate of drug-likeness (QED) is 0.588. The number of ether oxygens (including phenoxy) is 2. The zero-order chi connectivity index (χ0) is 14.9. The summed E-state index contributed by atoms with van der Waals surface area (Å²) in [7, 11) is 2.63. The molecule has 1 fully saturated rings. The average Bonchev–Trinajstić information content (AvgIpc) is 2.82. The molecule has 0 heterocycles. The van der Waals surface area contributed by atoms with Crippen LogP contribution in [0.3, 0.4) is 0 Å². The molecule has 0 unspecified atom stereocenters. The van der Waals surface area contributed by atoms with Crippen molar-refractivity contribution in [2.75, 3.05) is 14.2 Å². The molecule has 2 aliphatic rings. The predicted octanol–water partition coefficient (Wildman–Crippen LogP) is 2.64. The molecule has 2 atom stereocenters. The van der Waals surface area contributed by atoms with Gasteiger partial charge in [-0.3, -0.25) is 9.59 Å². The molecule has 0 aromatic heterocycles. The van der Waals surface area contributed by atoms with E-state index in [-0.39, 0.29) is 11.8 Å². The molecule has 0 N–H and O–H groups in total. The first-order chi connectivity index (χ1) is 9.48. The Morgan fingerprint density at radius 3 is 2.25 bits per heavy atom. The molecule has 1 saturated carbocycles. The number of carbonyl (C=O) groups excluding carboxylic acids is 2. The van der Waals surface area contributed by atoms with Gasteiger partial charge < -0.3 is 9.47 Å². The van der Waals surface area contributed by atoms with Gasteiger partial charge >= 0.3 is 11.9 Å². The van der Waals surface area contributed by atoms with Crippen LogP contribution in [0.5, 0.6) is 0 Å². The van der Waals surface area contributed by atoms with E-state index >= 15 is 0 Å². The predicted molar refractivity (Wildman–Crippen MR) is 74.8 cm³/mol. The highest BCUT2D eigenvalue weighted by Crippen LogP contribution is 2.54. The van der Waals surface area contributed by atoms with Crippen molar-refractivity contribution in [2.45, 2.75) is 32.6 Å². The number of hydrogen-bond donors (Lipinski definition) is 0. The smallest absolute Gasteiger partial charge is 0.327 e. The fourth-order valence-corrected chi connectivity index (χ4v) is 3.79. The highest BCUT2D eigenvalue weighted by molar-refractivity contribution is 6.03. The second-order valence-corrected chi connectivity index (χ2v) is 5.73. The van der Waals surface area contributed by atoms with E-state index in [2.05, 4.69) is 6.58 Å². The molecule has 4 heteroatoms. The van der Waals surface area contributed by atoms with Crippen molar-refractivity contribution >= 4 is 11.9 Å². The second-order valence-electron chi connectivity index (χ2n) is 5.73. The summed E-state index contributed by atoms with van der Waals surface area (Å²) in [6.07, 6.45) is 5.72. The molecule has 0 saturated heterocycles. The standard InChI is InChI=1S/C16H22O4/c1-10(2)12-9-16(14(17)19-3,15(18)20-4)13-8-6-5-7-11(12)13/h9,11,13H,1,5-8H2,2-4H3/t11-,13-/m1/s1. The number of carbonyl (C=O) groups is 2. The maximum absolute atomic E-state index is 12.4. The third kappa shape index (κ3) is 1.98. The fourth-order valence-electron chi connectivity index (χ4n) is 3.79. The average molecular weight is 278 g/mol. The molecule has 0 aromatic rings. The lowest BCUT2D eigenvalue weighted by molar-refractivity contribution is -0.170. The van der Waals surface area contributed by atoms with Crippen LogP contribution in [0.15, 0.2) is 23.8 Å². The first-order valence-corrected chi connectivity index (χ1v) is 7.04. The Kier molecular flexibility index (Phi) is 4.02. The van der Waals surface area contributed by atoms with Crippen LogP contribution in [0.25, 0.3) is 0 Å². The molecule has 0 aromatic carbocycles. The summed E-state index contributed by atoms with van der Waals surface area (Å²) in [5.41, 5.74) is 0.644. The molecule has 0 amide bonds. The van der Waals surface area contributed by atoms with Crippen molar-refractivity contribution in [3.8, 4) is 0 Å². The topological polar surface area (TPSA) is 52.6 Å². The molecule has 4 nitrogen and oxygen atoms in total. The van der Waals surface area contributed by atoms with Crippen LogP contribution in [0.4, 0.5) is 0 Å². The Hall–Kier alpha value is -1.58. The third-order valence-corrected chi connectivity index (χ3v) is 4.67. The summed E-state index contributed by atoms with van der Waals surface area (Å²) in [6, 6.07) is 0. The fraction of sp³-hybridized carbons (Fsp3) is 0.625. The van der Waals surface area contributed by atoms with Crippen molar-refractivity contribution in [3.63, 3.8) is 0 Å². The molecule has 0 spiro atoms. The lowest BCUT2D eigenvalue weighted by atomic mass is 9.67. The van der Waals surface area contributed by atoms with Gasteiger partial charge in [-0.25, -0.2) is 0 Å². The van der Waals surface area contributed by atoms with E-state index in [4.69, 9.17) is 9.47 Å². The second kappa shape index (κ2) is 5.43. The number of esters is 2. The van der Waals surface area contributed by atoms with Gasteiger partial charge in [0.25, 0.3) is 0 Å². The summed E-state index contributed by atoms with van der Waals surface area (Å²) in [5, 5.41) is 0. The lowest BCUT2D eigenvalue weighted by Gasteiger charge is -2.35. The zero-order valence-electron chi connectivity index (χ0n) is 12.4. The molecule has 0 aliphatic heterocycles. The van der Waals surface area contributed by atoms with Crippen molar-refractivity contribution in [1.82, 2.24) is 0 Å². The molecule has 0 bridgehead atoms. The summed E-state index contributed by atoms with van der Waals surface area (Å²) < 4.78 is 9.85. The van der Waals surface area contributed by atoms with Crippen LogP contribution < -0.4 is 0 Å². The van der Waals surface area contributed by atoms with Gasteiger partial charge in [0, 0.05) is 0 Å². The van der Waals surface area contributed by atoms with Gasteiger partial charge in [-0.05, 0) is 37.2 Å². The highest BCUT2D eigenvalue weighted by Gasteiger charge is 2.60. The van der Waals surface area contributed by atoms with Gasteiger partial charge in [-0.2, -0.15) is 0 Å². The Balaban J connectivity index is 2.56. The highest BCUT2D eigenvalue weighted by atomic mass is 16.5. The SMILES string of the molecule is C=C(C)C1=CC(C(=O)OC)(C(=O)OC)[C@@H]2CCCC[C@H]12. The van der Waals surface area contributed by atoms with Gasteiger partial charge in [0.2, 0.25) is 0 Å². The van der Waals surface area contributed by atoms with Gasteiger partial charge in [0.05, 0.1) is 14.2 Å². The van der Waals surface area contributed by atoms with Crippen LogP contribution in [0, 0.1) is 17.3 Å². The summed E-state index contributed by atoms with van der Waals surface area (Å²) in [5.74, 6) is -0.891. The summed E-state index contributed by atoms with van der Waals surface area (Å²) in [4.78, 5) is 24.7. The normalized spacial score (nSPS) is 27.2. The Bertz CT molecular complexity index is 459. The van der Waals surface area contributed by atoms with Crippen LogP contribution in [0.1, 0.15) is 32.6 Å². The lowest BCUT2D eigenvalue weighted by Crippen LogP contribution is -2.46. The van der Waals surface area contributed by atoms with E-state index in [9.17, 15) is 9.59 Å². The number of allylic oxidation sites excluding steroid dienone is 2. The van der Waals surface area contributed by atoms with E-state index in [1.54, 1.807) is 6.08 Å². The van der Waals surface area contributed by atoms with Crippen LogP contribution in [-0.4, -0.2) is 26.2 Å². The molecule has 110 valence electrons. The van der Waals surface area contributed by atoms with Gasteiger partial charge in [-0.15, -0.1) is 0 Å². The minimum atomic E-state index is -1.29. The van der Waals surface area contributed by atoms with Crippen molar-refractivity contribution < 1.29 is 19.1 Å². The molecular formula is C16H22O4. The zero-order valence-corrected chi connectivity index (χ0v) is 12.4. The van der Waals surface area contributed by atoms with Crippen molar-refractivity contribution in [2.24, 2.45) is 17.3 Å². The van der Waals surface area contributed by atoms with Crippen LogP contribution in [0.2, 0.25) is 0 Å². The number of rotatable bonds is 3. The van der Waals surface area contributed by atoms with Crippen molar-refractivity contribution in [1.29, 1.82) is 0 Å². The molecule has 20 heavy (non-hydrogen) atoms. The number of hydrogen-bond acceptors (Lipinski definition) is 4. The maximum Gasteiger partial charge on any atom is 0.327 e. The third-order valence-electron chi connectivity index (χ3n) is 4.67. The van der Waals surface area contributed by atoms with Crippen LogP contribution in [-0.2, 0) is 19.1 Å². The Morgan fingerprint density at radius 1 is 1.20 bits per heavy atom. The molecular weight excluding hydrogens is 256 g/mol. The van der Waals surface area contributed by atoms with Gasteiger partial charge in [0.15, 0.2) is 5.41 Å². The minimum absolute atomic E-state index is 0.0668. The van der Waals surface area contributed by atoms with Crippen molar-refractivity contribution in [3.05, 3.63) is 23.8 Å². The monoisotopic (exact) mass is 278 g/mol. The van der Waals surface area contributed by atoms with E-state index in [1.807, 2.05) is 6.92 Å². The first kappa shape index (κ1) is 14.8. The van der Waals surface area contributed by atoms with E-state index in [0.29, 0.717) is 0 Å². The Morgan fingerprint density at radius 2 is 1.75 bits per heavy atom.